The molecule has 7 atom stereocenters. The molecule has 0 radical (unpaired) electrons. The number of nitrogens with zero attached hydrogens (tertiary/aromatic N) is 1. The van der Waals surface area contributed by atoms with Gasteiger partial charge in [0.2, 0.25) is 5.91 Å². The highest BCUT2D eigenvalue weighted by molar-refractivity contribution is 6.04. The Labute approximate surface area is 248 Å². The van der Waals surface area contributed by atoms with Crippen LogP contribution < -0.4 is 5.32 Å². The standard InChI is InChI=1S/C36H52N2O3/c1-22(2)38-28(40)11-13-36-16-14-31(3,4)20-24(36)29-25(39)18-27-33(7)19-23(21-37)30(41)32(5,6)26(33)10-12-34(27,8)35(29,9)15-17-36/h18-19,22,24,26,29H,10-17,20H2,1-9H3,(H,38,40)/t24?,26-,29+,33-,34+,35+,36+/m0/s1. The summed E-state index contributed by atoms with van der Waals surface area (Å²) in [5.74, 6) is 0.529. The van der Waals surface area contributed by atoms with Gasteiger partial charge in [-0.2, -0.15) is 5.26 Å². The first-order chi connectivity index (χ1) is 18.9. The van der Waals surface area contributed by atoms with E-state index in [4.69, 9.17) is 0 Å². The maximum Gasteiger partial charge on any atom is 0.220 e. The second kappa shape index (κ2) is 9.39. The minimum atomic E-state index is -0.650. The Morgan fingerprint density at radius 3 is 2.32 bits per heavy atom. The van der Waals surface area contributed by atoms with Crippen molar-refractivity contribution in [3.05, 3.63) is 23.3 Å². The number of nitriles is 1. The lowest BCUT2D eigenvalue weighted by atomic mass is 9.34. The number of amides is 1. The van der Waals surface area contributed by atoms with Crippen molar-refractivity contribution < 1.29 is 14.4 Å². The third kappa shape index (κ3) is 4.24. The van der Waals surface area contributed by atoms with E-state index in [2.05, 4.69) is 46.0 Å². The largest absolute Gasteiger partial charge is 0.354 e. The number of fused-ring (bicyclic) bond motifs is 7. The van der Waals surface area contributed by atoms with E-state index in [0.717, 1.165) is 56.9 Å². The van der Waals surface area contributed by atoms with Gasteiger partial charge in [-0.25, -0.2) is 0 Å². The van der Waals surface area contributed by atoms with Crippen molar-refractivity contribution in [2.45, 2.75) is 126 Å². The Hall–Kier alpha value is -2.22. The Bertz CT molecular complexity index is 1280. The topological polar surface area (TPSA) is 87.0 Å². The van der Waals surface area contributed by atoms with Gasteiger partial charge in [-0.3, -0.25) is 14.4 Å². The molecule has 3 saturated carbocycles. The first-order valence-corrected chi connectivity index (χ1v) is 16.1. The fourth-order valence-electron chi connectivity index (χ4n) is 10.9. The minimum Gasteiger partial charge on any atom is -0.354 e. The van der Waals surface area contributed by atoms with E-state index < -0.39 is 10.8 Å². The van der Waals surface area contributed by atoms with Gasteiger partial charge in [-0.1, -0.05) is 60.1 Å². The van der Waals surface area contributed by atoms with Crippen molar-refractivity contribution in [2.75, 3.05) is 0 Å². The van der Waals surface area contributed by atoms with Crippen LogP contribution in [0.15, 0.2) is 23.3 Å². The van der Waals surface area contributed by atoms with Crippen LogP contribution in [0.3, 0.4) is 0 Å². The van der Waals surface area contributed by atoms with Crippen molar-refractivity contribution in [3.8, 4) is 6.07 Å². The number of rotatable bonds is 4. The van der Waals surface area contributed by atoms with Gasteiger partial charge in [0.1, 0.15) is 6.07 Å². The molecule has 5 aliphatic carbocycles. The lowest BCUT2D eigenvalue weighted by Crippen LogP contribution is -2.64. The summed E-state index contributed by atoms with van der Waals surface area (Å²) in [5, 5.41) is 13.0. The SMILES string of the molecule is CC(C)NC(=O)CC[C@]12CCC(C)(C)CC1[C@@H]1C(=O)C=C3[C@@]4(C)C=C(C#N)C(=O)C(C)(C)[C@@H]4CC[C@@]3(C)[C@]1(C)CC2. The molecule has 3 fully saturated rings. The van der Waals surface area contributed by atoms with Crippen LogP contribution in [0, 0.1) is 61.6 Å². The van der Waals surface area contributed by atoms with Crippen molar-refractivity contribution in [1.29, 1.82) is 5.26 Å². The molecule has 5 rings (SSSR count). The maximum atomic E-state index is 14.6. The predicted molar refractivity (Wildman–Crippen MR) is 161 cm³/mol. The minimum absolute atomic E-state index is 0.0135. The van der Waals surface area contributed by atoms with Gasteiger partial charge in [-0.05, 0) is 105 Å². The summed E-state index contributed by atoms with van der Waals surface area (Å²) in [4.78, 5) is 40.7. The average Bonchev–Trinajstić information content (AvgIpc) is 2.86. The zero-order valence-corrected chi connectivity index (χ0v) is 27.0. The van der Waals surface area contributed by atoms with Crippen molar-refractivity contribution in [1.82, 2.24) is 5.32 Å². The molecule has 0 bridgehead atoms. The molecular formula is C36H52N2O3. The lowest BCUT2D eigenvalue weighted by Gasteiger charge is -2.69. The monoisotopic (exact) mass is 560 g/mol. The second-order valence-corrected chi connectivity index (χ2v) is 16.8. The van der Waals surface area contributed by atoms with Gasteiger partial charge in [-0.15, -0.1) is 0 Å². The molecule has 1 unspecified atom stereocenters. The molecule has 5 heteroatoms. The number of carbonyl (C=O) groups is 3. The highest BCUT2D eigenvalue weighted by atomic mass is 16.1. The average molecular weight is 561 g/mol. The fraction of sp³-hybridized carbons (Fsp3) is 0.778. The molecule has 5 aliphatic rings. The molecular weight excluding hydrogens is 508 g/mol. The number of hydrogen-bond acceptors (Lipinski definition) is 4. The molecule has 0 heterocycles. The quantitative estimate of drug-likeness (QED) is 0.385. The number of allylic oxidation sites excluding steroid dienone is 4. The van der Waals surface area contributed by atoms with E-state index in [0.29, 0.717) is 6.42 Å². The van der Waals surface area contributed by atoms with Crippen LogP contribution in [0.4, 0.5) is 0 Å². The number of hydrogen-bond donors (Lipinski definition) is 1. The van der Waals surface area contributed by atoms with Crippen LogP contribution in [0.5, 0.6) is 0 Å². The summed E-state index contributed by atoms with van der Waals surface area (Å²) in [5.41, 5.74) is 0.00681. The van der Waals surface area contributed by atoms with Crippen LogP contribution in [0.25, 0.3) is 0 Å². The molecule has 0 aliphatic heterocycles. The Morgan fingerprint density at radius 1 is 1.02 bits per heavy atom. The number of ketones is 2. The summed E-state index contributed by atoms with van der Waals surface area (Å²) in [7, 11) is 0. The molecule has 5 nitrogen and oxygen atoms in total. The molecule has 0 aromatic rings. The van der Waals surface area contributed by atoms with Crippen LogP contribution in [-0.2, 0) is 14.4 Å². The van der Waals surface area contributed by atoms with E-state index in [-0.39, 0.29) is 68.5 Å². The van der Waals surface area contributed by atoms with Gasteiger partial charge < -0.3 is 5.32 Å². The molecule has 1 N–H and O–H groups in total. The summed E-state index contributed by atoms with van der Waals surface area (Å²) in [6.07, 6.45) is 12.4. The van der Waals surface area contributed by atoms with Crippen LogP contribution in [0.2, 0.25) is 0 Å². The van der Waals surface area contributed by atoms with Crippen molar-refractivity contribution in [2.24, 2.45) is 50.2 Å². The Balaban J connectivity index is 1.60. The number of carbonyl (C=O) groups excluding carboxylic acids is 3. The molecule has 0 saturated heterocycles. The number of Topliss-reactive ketones (excluding diaryl/α,β-unsaturated/α-hetero) is 1. The van der Waals surface area contributed by atoms with Gasteiger partial charge in [0.15, 0.2) is 11.6 Å². The zero-order valence-electron chi connectivity index (χ0n) is 27.0. The number of nitrogens with one attached hydrogen (secondary N) is 1. The Morgan fingerprint density at radius 2 is 1.68 bits per heavy atom. The molecule has 1 amide bonds. The smallest absolute Gasteiger partial charge is 0.220 e. The van der Waals surface area contributed by atoms with E-state index in [9.17, 15) is 19.6 Å². The van der Waals surface area contributed by atoms with E-state index in [1.165, 1.54) is 0 Å². The van der Waals surface area contributed by atoms with Gasteiger partial charge >= 0.3 is 0 Å². The lowest BCUT2D eigenvalue weighted by molar-refractivity contribution is -0.173. The summed E-state index contributed by atoms with van der Waals surface area (Å²) < 4.78 is 0. The molecule has 0 aromatic carbocycles. The van der Waals surface area contributed by atoms with Gasteiger partial charge in [0.05, 0.1) is 5.57 Å². The van der Waals surface area contributed by atoms with E-state index in [1.54, 1.807) is 0 Å². The zero-order chi connectivity index (χ0) is 30.4. The molecule has 0 aromatic heterocycles. The van der Waals surface area contributed by atoms with Crippen LogP contribution in [-0.4, -0.2) is 23.5 Å². The summed E-state index contributed by atoms with van der Waals surface area (Å²) in [6.45, 7) is 19.7. The third-order valence-corrected chi connectivity index (χ3v) is 13.3. The van der Waals surface area contributed by atoms with E-state index in [1.807, 2.05) is 39.8 Å². The molecule has 224 valence electrons. The van der Waals surface area contributed by atoms with Crippen LogP contribution in [0.1, 0.15) is 120 Å². The van der Waals surface area contributed by atoms with Crippen molar-refractivity contribution in [3.63, 3.8) is 0 Å². The predicted octanol–water partition coefficient (Wildman–Crippen LogP) is 7.51. The van der Waals surface area contributed by atoms with Crippen LogP contribution >= 0.6 is 0 Å². The fourth-order valence-corrected chi connectivity index (χ4v) is 10.9. The highest BCUT2D eigenvalue weighted by Gasteiger charge is 2.69. The first-order valence-electron chi connectivity index (χ1n) is 16.1. The summed E-state index contributed by atoms with van der Waals surface area (Å²) in [6, 6.07) is 2.34. The van der Waals surface area contributed by atoms with E-state index >= 15 is 0 Å². The second-order valence-electron chi connectivity index (χ2n) is 16.8. The van der Waals surface area contributed by atoms with Crippen molar-refractivity contribution >= 4 is 17.5 Å². The first kappa shape index (κ1) is 30.2. The molecule has 41 heavy (non-hydrogen) atoms. The van der Waals surface area contributed by atoms with Gasteiger partial charge in [0, 0.05) is 29.2 Å². The highest BCUT2D eigenvalue weighted by Crippen LogP contribution is 2.75. The molecule has 0 spiro atoms. The maximum absolute atomic E-state index is 14.6. The Kier molecular flexibility index (Phi) is 6.93. The third-order valence-electron chi connectivity index (χ3n) is 13.3. The van der Waals surface area contributed by atoms with Gasteiger partial charge in [0.25, 0.3) is 0 Å². The summed E-state index contributed by atoms with van der Waals surface area (Å²) >= 11 is 0. The normalized spacial score (nSPS) is 42.5.